The maximum atomic E-state index is 11.1. The van der Waals surface area contributed by atoms with Crippen LogP contribution in [0.1, 0.15) is 25.8 Å². The highest BCUT2D eigenvalue weighted by Crippen LogP contribution is 2.27. The van der Waals surface area contributed by atoms with Gasteiger partial charge in [-0.15, -0.1) is 0 Å². The van der Waals surface area contributed by atoms with Gasteiger partial charge in [-0.25, -0.2) is 0 Å². The lowest BCUT2D eigenvalue weighted by atomic mass is 9.95. The maximum Gasteiger partial charge on any atom is 0.278 e. The quantitative estimate of drug-likeness (QED) is 0.653. The molecule has 1 aromatic heterocycles. The van der Waals surface area contributed by atoms with Crippen LogP contribution in [-0.4, -0.2) is 23.0 Å². The Morgan fingerprint density at radius 3 is 2.71 bits per heavy atom. The predicted molar refractivity (Wildman–Crippen MR) is 84.4 cm³/mol. The molecule has 1 N–H and O–H groups in total. The zero-order valence-electron chi connectivity index (χ0n) is 12.7. The average Bonchev–Trinajstić information content (AvgIpc) is 2.46. The first-order chi connectivity index (χ1) is 10.0. The minimum Gasteiger partial charge on any atom is -0.317 e. The Morgan fingerprint density at radius 2 is 2.10 bits per heavy atom. The molecular weight excluding hydrogens is 266 g/mol. The Bertz CT molecular complexity index is 640. The normalized spacial score (nSPS) is 12.8. The second-order valence-corrected chi connectivity index (χ2v) is 5.72. The van der Waals surface area contributed by atoms with Gasteiger partial charge in [0.2, 0.25) is 0 Å². The van der Waals surface area contributed by atoms with Crippen LogP contribution in [0.3, 0.4) is 0 Å². The van der Waals surface area contributed by atoms with E-state index in [9.17, 15) is 10.1 Å². The Morgan fingerprint density at radius 1 is 1.33 bits per heavy atom. The molecule has 5 nitrogen and oxygen atoms in total. The van der Waals surface area contributed by atoms with Crippen LogP contribution in [0.25, 0.3) is 10.9 Å². The summed E-state index contributed by atoms with van der Waals surface area (Å²) in [6, 6.07) is 7.26. The van der Waals surface area contributed by atoms with Crippen molar-refractivity contribution in [3.8, 4) is 0 Å². The smallest absolute Gasteiger partial charge is 0.278 e. The summed E-state index contributed by atoms with van der Waals surface area (Å²) in [4.78, 5) is 15.1. The van der Waals surface area contributed by atoms with Crippen LogP contribution in [0.15, 0.2) is 30.5 Å². The minimum atomic E-state index is -0.350. The first-order valence-corrected chi connectivity index (χ1v) is 7.21. The molecule has 0 aliphatic rings. The minimum absolute atomic E-state index is 0.117. The number of rotatable bonds is 6. The molecule has 0 saturated heterocycles. The summed E-state index contributed by atoms with van der Waals surface area (Å²) in [5, 5.41) is 15.0. The summed E-state index contributed by atoms with van der Waals surface area (Å²) < 4.78 is 0. The summed E-state index contributed by atoms with van der Waals surface area (Å²) in [6.45, 7) is 4.38. The molecule has 21 heavy (non-hydrogen) atoms. The van der Waals surface area contributed by atoms with E-state index in [1.54, 1.807) is 24.4 Å². The van der Waals surface area contributed by atoms with Crippen molar-refractivity contribution in [2.45, 2.75) is 32.7 Å². The van der Waals surface area contributed by atoms with Gasteiger partial charge in [0.15, 0.2) is 0 Å². The zero-order chi connectivity index (χ0) is 15.4. The molecule has 2 rings (SSSR count). The van der Waals surface area contributed by atoms with Gasteiger partial charge < -0.3 is 5.32 Å². The standard InChI is InChI=1S/C16H21N3O2/c1-11(2)9-13(17-3)10-12-6-7-15(19(20)21)14-5-4-8-18-16(12)14/h4-8,11,13,17H,9-10H2,1-3H3. The molecule has 1 heterocycles. The van der Waals surface area contributed by atoms with Crippen LogP contribution in [0, 0.1) is 16.0 Å². The third kappa shape index (κ3) is 3.55. The van der Waals surface area contributed by atoms with Gasteiger partial charge >= 0.3 is 0 Å². The molecule has 1 aromatic carbocycles. The molecule has 0 fully saturated rings. The number of nitro benzene ring substituents is 1. The van der Waals surface area contributed by atoms with Crippen molar-refractivity contribution >= 4 is 16.6 Å². The number of hydrogen-bond donors (Lipinski definition) is 1. The van der Waals surface area contributed by atoms with Crippen molar-refractivity contribution in [1.29, 1.82) is 0 Å². The van der Waals surface area contributed by atoms with Crippen LogP contribution < -0.4 is 5.32 Å². The van der Waals surface area contributed by atoms with Gasteiger partial charge in [-0.05, 0) is 49.6 Å². The van der Waals surface area contributed by atoms with E-state index in [4.69, 9.17) is 0 Å². The molecule has 2 aromatic rings. The van der Waals surface area contributed by atoms with Crippen molar-refractivity contribution in [2.75, 3.05) is 7.05 Å². The second kappa shape index (κ2) is 6.63. The maximum absolute atomic E-state index is 11.1. The number of nitro groups is 1. The van der Waals surface area contributed by atoms with Gasteiger partial charge in [0.1, 0.15) is 0 Å². The van der Waals surface area contributed by atoms with Gasteiger partial charge in [0.25, 0.3) is 5.69 Å². The third-order valence-electron chi connectivity index (χ3n) is 3.66. The van der Waals surface area contributed by atoms with Crippen LogP contribution in [-0.2, 0) is 6.42 Å². The highest BCUT2D eigenvalue weighted by Gasteiger charge is 2.17. The fraction of sp³-hybridized carbons (Fsp3) is 0.438. The number of non-ortho nitro benzene ring substituents is 1. The van der Waals surface area contributed by atoms with Gasteiger partial charge in [0, 0.05) is 18.3 Å². The lowest BCUT2D eigenvalue weighted by molar-refractivity contribution is -0.383. The highest BCUT2D eigenvalue weighted by molar-refractivity contribution is 5.90. The summed E-state index contributed by atoms with van der Waals surface area (Å²) in [5.74, 6) is 0.597. The largest absolute Gasteiger partial charge is 0.317 e. The van der Waals surface area contributed by atoms with Crippen LogP contribution in [0.2, 0.25) is 0 Å². The summed E-state index contributed by atoms with van der Waals surface area (Å²) >= 11 is 0. The Kier molecular flexibility index (Phi) is 4.85. The van der Waals surface area contributed by atoms with E-state index in [0.29, 0.717) is 17.3 Å². The summed E-state index contributed by atoms with van der Waals surface area (Å²) in [5.41, 5.74) is 1.90. The summed E-state index contributed by atoms with van der Waals surface area (Å²) in [7, 11) is 1.95. The lowest BCUT2D eigenvalue weighted by Crippen LogP contribution is -2.29. The van der Waals surface area contributed by atoms with Crippen molar-refractivity contribution in [1.82, 2.24) is 10.3 Å². The molecule has 1 unspecified atom stereocenters. The van der Waals surface area contributed by atoms with E-state index >= 15 is 0 Å². The molecule has 0 aliphatic heterocycles. The molecule has 0 bridgehead atoms. The molecule has 5 heteroatoms. The number of pyridine rings is 1. The molecule has 1 atom stereocenters. The van der Waals surface area contributed by atoms with Crippen LogP contribution in [0.5, 0.6) is 0 Å². The highest BCUT2D eigenvalue weighted by atomic mass is 16.6. The van der Waals surface area contributed by atoms with E-state index in [0.717, 1.165) is 23.9 Å². The zero-order valence-corrected chi connectivity index (χ0v) is 12.7. The number of nitrogens with one attached hydrogen (secondary N) is 1. The van der Waals surface area contributed by atoms with E-state index < -0.39 is 0 Å². The first-order valence-electron chi connectivity index (χ1n) is 7.21. The van der Waals surface area contributed by atoms with Crippen molar-refractivity contribution < 1.29 is 4.92 Å². The van der Waals surface area contributed by atoms with Gasteiger partial charge in [-0.2, -0.15) is 0 Å². The molecule has 0 aliphatic carbocycles. The van der Waals surface area contributed by atoms with E-state index in [1.165, 1.54) is 0 Å². The molecular formula is C16H21N3O2. The second-order valence-electron chi connectivity index (χ2n) is 5.72. The number of nitrogens with zero attached hydrogens (tertiary/aromatic N) is 2. The number of likely N-dealkylation sites (N-methyl/N-ethyl adjacent to an activating group) is 1. The van der Waals surface area contributed by atoms with Gasteiger partial charge in [0.05, 0.1) is 15.8 Å². The van der Waals surface area contributed by atoms with Crippen molar-refractivity contribution in [2.24, 2.45) is 5.92 Å². The lowest BCUT2D eigenvalue weighted by Gasteiger charge is -2.19. The molecule has 0 radical (unpaired) electrons. The van der Waals surface area contributed by atoms with E-state index in [2.05, 4.69) is 24.1 Å². The first kappa shape index (κ1) is 15.4. The van der Waals surface area contributed by atoms with Crippen LogP contribution >= 0.6 is 0 Å². The molecule has 0 saturated carbocycles. The average molecular weight is 287 g/mol. The van der Waals surface area contributed by atoms with E-state index in [1.807, 2.05) is 13.1 Å². The summed E-state index contributed by atoms with van der Waals surface area (Å²) in [6.07, 6.45) is 3.56. The van der Waals surface area contributed by atoms with Crippen molar-refractivity contribution in [3.63, 3.8) is 0 Å². The van der Waals surface area contributed by atoms with Gasteiger partial charge in [-0.1, -0.05) is 13.8 Å². The Balaban J connectivity index is 2.41. The van der Waals surface area contributed by atoms with E-state index in [-0.39, 0.29) is 10.6 Å². The topological polar surface area (TPSA) is 68.1 Å². The SMILES string of the molecule is CNC(Cc1ccc([N+](=O)[O-])c2cccnc12)CC(C)C. The number of fused-ring (bicyclic) bond motifs is 1. The van der Waals surface area contributed by atoms with Crippen LogP contribution in [0.4, 0.5) is 5.69 Å². The molecule has 0 spiro atoms. The fourth-order valence-corrected chi connectivity index (χ4v) is 2.68. The number of hydrogen-bond acceptors (Lipinski definition) is 4. The molecule has 0 amide bonds. The monoisotopic (exact) mass is 287 g/mol. The van der Waals surface area contributed by atoms with Gasteiger partial charge in [-0.3, -0.25) is 15.1 Å². The Hall–Kier alpha value is -2.01. The Labute approximate surface area is 124 Å². The van der Waals surface area contributed by atoms with Crippen molar-refractivity contribution in [3.05, 3.63) is 46.1 Å². The predicted octanol–water partition coefficient (Wildman–Crippen LogP) is 3.32. The number of benzene rings is 1. The number of aromatic nitrogens is 1. The fourth-order valence-electron chi connectivity index (χ4n) is 2.68. The molecule has 112 valence electrons. The third-order valence-corrected chi connectivity index (χ3v) is 3.66.